The van der Waals surface area contributed by atoms with Gasteiger partial charge in [-0.3, -0.25) is 9.52 Å². The van der Waals surface area contributed by atoms with Gasteiger partial charge in [-0.2, -0.15) is 0 Å². The third kappa shape index (κ3) is 7.34. The van der Waals surface area contributed by atoms with E-state index in [9.17, 15) is 13.2 Å². The lowest BCUT2D eigenvalue weighted by molar-refractivity contribution is -0.125. The van der Waals surface area contributed by atoms with Gasteiger partial charge < -0.3 is 14.4 Å². The number of amides is 1. The number of carbonyl (C=O) groups is 1. The molecule has 2 aromatic heterocycles. The second kappa shape index (κ2) is 12.7. The van der Waals surface area contributed by atoms with Crippen molar-refractivity contribution in [1.82, 2.24) is 24.8 Å². The summed E-state index contributed by atoms with van der Waals surface area (Å²) in [7, 11) is 0.631. The molecule has 11 nitrogen and oxygen atoms in total. The normalized spacial score (nSPS) is 11.6. The Morgan fingerprint density at radius 3 is 2.17 bits per heavy atom. The van der Waals surface area contributed by atoms with Gasteiger partial charge in [-0.1, -0.05) is 56.8 Å². The number of aromatic nitrogens is 4. The minimum absolute atomic E-state index is 0.00183. The highest BCUT2D eigenvalue weighted by Gasteiger charge is 2.26. The summed E-state index contributed by atoms with van der Waals surface area (Å²) in [6.45, 7) is 6.14. The molecule has 0 saturated heterocycles. The molecule has 0 aliphatic heterocycles. The Morgan fingerprint density at radius 1 is 0.929 bits per heavy atom. The van der Waals surface area contributed by atoms with E-state index in [2.05, 4.69) is 24.7 Å². The van der Waals surface area contributed by atoms with E-state index in [1.165, 1.54) is 36.5 Å². The Balaban J connectivity index is 1.87. The van der Waals surface area contributed by atoms with Crippen molar-refractivity contribution in [2.75, 3.05) is 31.7 Å². The number of rotatable bonds is 10. The first-order valence-electron chi connectivity index (χ1n) is 12.9. The number of carbonyl (C=O) groups excluding carboxylic acids is 1. The van der Waals surface area contributed by atoms with Gasteiger partial charge in [-0.05, 0) is 41.3 Å². The zero-order valence-corrected chi connectivity index (χ0v) is 25.8. The fourth-order valence-corrected chi connectivity index (χ4v) is 5.54. The number of anilines is 1. The first-order valence-corrected chi connectivity index (χ1v) is 15.3. The number of nitrogens with one attached hydrogen (secondary N) is 1. The predicted molar refractivity (Wildman–Crippen MR) is 161 cm³/mol. The van der Waals surface area contributed by atoms with E-state index >= 15 is 0 Å². The van der Waals surface area contributed by atoms with Crippen LogP contribution in [0.15, 0.2) is 76.9 Å². The Bertz CT molecular complexity index is 1660. The topological polar surface area (TPSA) is 136 Å². The van der Waals surface area contributed by atoms with E-state index in [0.29, 0.717) is 11.5 Å². The van der Waals surface area contributed by atoms with Crippen LogP contribution in [0, 0.1) is 0 Å². The fraction of sp³-hybridized carbons (Fsp3) is 0.276. The molecule has 0 fully saturated rings. The van der Waals surface area contributed by atoms with Crippen molar-refractivity contribution in [1.29, 1.82) is 0 Å². The molecule has 0 atom stereocenters. The number of methoxy groups -OCH3 is 1. The van der Waals surface area contributed by atoms with E-state index in [1.807, 2.05) is 20.8 Å². The standard InChI is InChI=1S/C29H32N6O5S2/c1-29(2,3)19-12-14-20(15-13-19)42(37,38)34-25-24(40-22-11-8-7-10-21(22)39-6)28(41-18-23(36)35(4)5)33-27(32-25)26-30-16-9-17-31-26/h7-17H,18H2,1-6H3,(H,32,33,34). The maximum absolute atomic E-state index is 13.7. The van der Waals surface area contributed by atoms with E-state index in [0.717, 1.165) is 17.3 Å². The van der Waals surface area contributed by atoms with E-state index < -0.39 is 10.0 Å². The highest BCUT2D eigenvalue weighted by atomic mass is 32.2. The summed E-state index contributed by atoms with van der Waals surface area (Å²) < 4.78 is 41.5. The molecule has 0 radical (unpaired) electrons. The maximum atomic E-state index is 13.7. The number of benzene rings is 2. The molecular weight excluding hydrogens is 576 g/mol. The maximum Gasteiger partial charge on any atom is 0.263 e. The van der Waals surface area contributed by atoms with Gasteiger partial charge in [0.1, 0.15) is 5.03 Å². The second-order valence-corrected chi connectivity index (χ2v) is 13.0. The quantitative estimate of drug-likeness (QED) is 0.193. The third-order valence-electron chi connectivity index (χ3n) is 5.97. The largest absolute Gasteiger partial charge is 0.493 e. The van der Waals surface area contributed by atoms with Gasteiger partial charge in [-0.25, -0.2) is 28.4 Å². The van der Waals surface area contributed by atoms with Crippen LogP contribution in [0.25, 0.3) is 11.6 Å². The molecule has 0 aliphatic rings. The molecule has 13 heteroatoms. The molecule has 42 heavy (non-hydrogen) atoms. The summed E-state index contributed by atoms with van der Waals surface area (Å²) >= 11 is 1.07. The van der Waals surface area contributed by atoms with Gasteiger partial charge in [0.2, 0.25) is 17.5 Å². The molecule has 1 N–H and O–H groups in total. The van der Waals surface area contributed by atoms with Gasteiger partial charge in [0.15, 0.2) is 23.1 Å². The average molecular weight is 609 g/mol. The molecular formula is C29H32N6O5S2. The fourth-order valence-electron chi connectivity index (χ4n) is 3.60. The minimum atomic E-state index is -4.14. The number of ether oxygens (including phenoxy) is 2. The van der Waals surface area contributed by atoms with Crippen molar-refractivity contribution < 1.29 is 22.7 Å². The average Bonchev–Trinajstić information content (AvgIpc) is 2.97. The van der Waals surface area contributed by atoms with Crippen molar-refractivity contribution in [3.05, 3.63) is 72.6 Å². The molecule has 0 bridgehead atoms. The van der Waals surface area contributed by atoms with Crippen molar-refractivity contribution in [2.24, 2.45) is 0 Å². The Hall–Kier alpha value is -4.23. The smallest absolute Gasteiger partial charge is 0.263 e. The predicted octanol–water partition coefficient (Wildman–Crippen LogP) is 5.01. The molecule has 4 aromatic rings. The lowest BCUT2D eigenvalue weighted by Gasteiger charge is -2.20. The first-order chi connectivity index (χ1) is 19.9. The number of sulfonamides is 1. The van der Waals surface area contributed by atoms with Crippen LogP contribution in [-0.2, 0) is 20.2 Å². The highest BCUT2D eigenvalue weighted by Crippen LogP contribution is 2.41. The number of hydrogen-bond donors (Lipinski definition) is 1. The summed E-state index contributed by atoms with van der Waals surface area (Å²) in [6, 6.07) is 15.1. The van der Waals surface area contributed by atoms with Gasteiger partial charge >= 0.3 is 0 Å². The number of nitrogens with zero attached hydrogens (tertiary/aromatic N) is 5. The van der Waals surface area contributed by atoms with Crippen LogP contribution in [0.1, 0.15) is 26.3 Å². The van der Waals surface area contributed by atoms with Crippen LogP contribution in [0.5, 0.6) is 17.2 Å². The third-order valence-corrected chi connectivity index (χ3v) is 8.27. The van der Waals surface area contributed by atoms with E-state index in [1.54, 1.807) is 56.6 Å². The molecule has 2 heterocycles. The molecule has 220 valence electrons. The molecule has 2 aromatic carbocycles. The summed E-state index contributed by atoms with van der Waals surface area (Å²) in [4.78, 5) is 31.5. The Labute approximate surface area is 249 Å². The molecule has 0 aliphatic carbocycles. The van der Waals surface area contributed by atoms with Crippen molar-refractivity contribution in [3.8, 4) is 28.9 Å². The van der Waals surface area contributed by atoms with Crippen LogP contribution >= 0.6 is 11.8 Å². The summed E-state index contributed by atoms with van der Waals surface area (Å²) in [6.07, 6.45) is 3.04. The van der Waals surface area contributed by atoms with Crippen LogP contribution in [0.4, 0.5) is 5.82 Å². The monoisotopic (exact) mass is 608 g/mol. The van der Waals surface area contributed by atoms with E-state index in [4.69, 9.17) is 9.47 Å². The Morgan fingerprint density at radius 2 is 1.57 bits per heavy atom. The number of thioether (sulfide) groups is 1. The SMILES string of the molecule is COc1ccccc1Oc1c(NS(=O)(=O)c2ccc(C(C)(C)C)cc2)nc(-c2ncccn2)nc1SCC(=O)N(C)C. The van der Waals surface area contributed by atoms with Gasteiger partial charge in [0.25, 0.3) is 10.0 Å². The van der Waals surface area contributed by atoms with Crippen LogP contribution in [0.2, 0.25) is 0 Å². The molecule has 0 spiro atoms. The Kier molecular flexibility index (Phi) is 9.32. The van der Waals surface area contributed by atoms with Crippen molar-refractivity contribution >= 4 is 33.5 Å². The number of para-hydroxylation sites is 2. The zero-order valence-electron chi connectivity index (χ0n) is 24.2. The van der Waals surface area contributed by atoms with Gasteiger partial charge in [0, 0.05) is 26.5 Å². The first kappa shape index (κ1) is 30.7. The summed E-state index contributed by atoms with van der Waals surface area (Å²) in [5.41, 5.74) is 0.829. The van der Waals surface area contributed by atoms with Gasteiger partial charge in [-0.15, -0.1) is 0 Å². The van der Waals surface area contributed by atoms with Crippen LogP contribution in [0.3, 0.4) is 0 Å². The lowest BCUT2D eigenvalue weighted by atomic mass is 9.87. The molecule has 0 saturated carbocycles. The molecule has 0 unspecified atom stereocenters. The summed E-state index contributed by atoms with van der Waals surface area (Å²) in [5, 5.41) is 0.203. The lowest BCUT2D eigenvalue weighted by Crippen LogP contribution is -2.23. The summed E-state index contributed by atoms with van der Waals surface area (Å²) in [5.74, 6) is 0.565. The second-order valence-electron chi connectivity index (χ2n) is 10.3. The van der Waals surface area contributed by atoms with Gasteiger partial charge in [0.05, 0.1) is 17.8 Å². The van der Waals surface area contributed by atoms with Crippen molar-refractivity contribution in [2.45, 2.75) is 36.1 Å². The molecule has 4 rings (SSSR count). The van der Waals surface area contributed by atoms with Crippen LogP contribution < -0.4 is 14.2 Å². The van der Waals surface area contributed by atoms with E-state index in [-0.39, 0.29) is 50.2 Å². The molecule has 1 amide bonds. The zero-order chi connectivity index (χ0) is 30.5. The van der Waals surface area contributed by atoms with Crippen LogP contribution in [-0.4, -0.2) is 66.1 Å². The number of hydrogen-bond acceptors (Lipinski definition) is 10. The highest BCUT2D eigenvalue weighted by molar-refractivity contribution is 8.00. The minimum Gasteiger partial charge on any atom is -0.493 e. The van der Waals surface area contributed by atoms with Crippen molar-refractivity contribution in [3.63, 3.8) is 0 Å².